The zero-order valence-electron chi connectivity index (χ0n) is 12.5. The van der Waals surface area contributed by atoms with Crippen LogP contribution in [0.25, 0.3) is 0 Å². The summed E-state index contributed by atoms with van der Waals surface area (Å²) >= 11 is 0. The normalized spacial score (nSPS) is 11.5. The van der Waals surface area contributed by atoms with Gasteiger partial charge in [0, 0.05) is 12.0 Å². The molecule has 0 fully saturated rings. The van der Waals surface area contributed by atoms with Gasteiger partial charge in [-0.2, -0.15) is 0 Å². The largest absolute Gasteiger partial charge is 0.464 e. The van der Waals surface area contributed by atoms with Crippen LogP contribution < -0.4 is 5.32 Å². The summed E-state index contributed by atoms with van der Waals surface area (Å²) in [6, 6.07) is 17.7. The molecule has 114 valence electrons. The van der Waals surface area contributed by atoms with E-state index in [9.17, 15) is 9.59 Å². The molecule has 1 N–H and O–H groups in total. The van der Waals surface area contributed by atoms with Crippen LogP contribution in [0.5, 0.6) is 0 Å². The number of benzene rings is 2. The molecule has 2 aromatic rings. The first-order chi connectivity index (χ1) is 10.7. The fourth-order valence-corrected chi connectivity index (χ4v) is 2.12. The number of rotatable bonds is 6. The van der Waals surface area contributed by atoms with E-state index >= 15 is 0 Å². The highest BCUT2D eigenvalue weighted by atomic mass is 16.5. The summed E-state index contributed by atoms with van der Waals surface area (Å²) in [6.45, 7) is 2.03. The first-order valence-corrected chi connectivity index (χ1v) is 7.27. The van der Waals surface area contributed by atoms with Gasteiger partial charge in [-0.15, -0.1) is 0 Å². The molecule has 0 aliphatic carbocycles. The molecule has 0 heterocycles. The van der Waals surface area contributed by atoms with Crippen LogP contribution in [-0.4, -0.2) is 24.5 Å². The molecule has 0 radical (unpaired) electrons. The predicted octanol–water partition coefficient (Wildman–Crippen LogP) is 2.59. The quantitative estimate of drug-likeness (QED) is 0.834. The first-order valence-electron chi connectivity index (χ1n) is 7.27. The molecular weight excluding hydrogens is 278 g/mol. The van der Waals surface area contributed by atoms with Crippen LogP contribution in [-0.2, 0) is 16.0 Å². The minimum atomic E-state index is -0.699. The molecule has 0 saturated carbocycles. The maximum absolute atomic E-state index is 12.2. The average Bonchev–Trinajstić information content (AvgIpc) is 2.56. The summed E-state index contributed by atoms with van der Waals surface area (Å²) in [7, 11) is 0. The average molecular weight is 297 g/mol. The van der Waals surface area contributed by atoms with E-state index in [-0.39, 0.29) is 12.5 Å². The van der Waals surface area contributed by atoms with Gasteiger partial charge in [-0.3, -0.25) is 4.79 Å². The minimum Gasteiger partial charge on any atom is -0.464 e. The van der Waals surface area contributed by atoms with Crippen molar-refractivity contribution in [3.05, 3.63) is 71.8 Å². The van der Waals surface area contributed by atoms with Crippen molar-refractivity contribution in [3.63, 3.8) is 0 Å². The fraction of sp³-hybridized carbons (Fsp3) is 0.222. The van der Waals surface area contributed by atoms with Crippen LogP contribution in [0.1, 0.15) is 22.8 Å². The second-order valence-electron chi connectivity index (χ2n) is 4.83. The van der Waals surface area contributed by atoms with Gasteiger partial charge < -0.3 is 10.1 Å². The number of nitrogens with one attached hydrogen (secondary N) is 1. The second kappa shape index (κ2) is 7.98. The lowest BCUT2D eigenvalue weighted by atomic mass is 10.1. The zero-order valence-corrected chi connectivity index (χ0v) is 12.5. The Kier molecular flexibility index (Phi) is 5.72. The molecule has 0 bridgehead atoms. The Morgan fingerprint density at radius 2 is 1.59 bits per heavy atom. The number of amides is 1. The van der Waals surface area contributed by atoms with E-state index in [1.165, 1.54) is 0 Å². The molecule has 0 spiro atoms. The van der Waals surface area contributed by atoms with Crippen molar-refractivity contribution in [2.24, 2.45) is 0 Å². The summed E-state index contributed by atoms with van der Waals surface area (Å²) in [4.78, 5) is 24.3. The summed E-state index contributed by atoms with van der Waals surface area (Å²) < 4.78 is 5.06. The second-order valence-corrected chi connectivity index (χ2v) is 4.83. The Bertz CT molecular complexity index is 611. The zero-order chi connectivity index (χ0) is 15.8. The van der Waals surface area contributed by atoms with Crippen LogP contribution in [0.3, 0.4) is 0 Å². The molecule has 0 aromatic heterocycles. The minimum absolute atomic E-state index is 0.283. The molecule has 0 saturated heterocycles. The van der Waals surface area contributed by atoms with Crippen molar-refractivity contribution in [2.45, 2.75) is 19.4 Å². The Morgan fingerprint density at radius 1 is 1.00 bits per heavy atom. The molecular formula is C18H19NO3. The Balaban J connectivity index is 2.11. The van der Waals surface area contributed by atoms with Crippen molar-refractivity contribution in [1.82, 2.24) is 5.32 Å². The SMILES string of the molecule is CCOC(=O)C(Cc1ccccc1)NC(=O)c1ccccc1. The molecule has 2 aromatic carbocycles. The summed E-state index contributed by atoms with van der Waals surface area (Å²) in [5.41, 5.74) is 1.48. The monoisotopic (exact) mass is 297 g/mol. The van der Waals surface area contributed by atoms with Gasteiger partial charge in [0.2, 0.25) is 0 Å². The van der Waals surface area contributed by atoms with Gasteiger partial charge in [0.05, 0.1) is 6.61 Å². The molecule has 22 heavy (non-hydrogen) atoms. The molecule has 1 unspecified atom stereocenters. The number of carbonyl (C=O) groups excluding carboxylic acids is 2. The molecule has 1 atom stereocenters. The first kappa shape index (κ1) is 15.8. The van der Waals surface area contributed by atoms with Gasteiger partial charge >= 0.3 is 5.97 Å². The Hall–Kier alpha value is -2.62. The van der Waals surface area contributed by atoms with Gasteiger partial charge in [0.25, 0.3) is 5.91 Å². The van der Waals surface area contributed by atoms with E-state index in [4.69, 9.17) is 4.74 Å². The summed E-state index contributed by atoms with van der Waals surface area (Å²) in [6.07, 6.45) is 0.401. The maximum atomic E-state index is 12.2. The number of carbonyl (C=O) groups is 2. The number of ether oxygens (including phenoxy) is 1. The highest BCUT2D eigenvalue weighted by Crippen LogP contribution is 2.07. The van der Waals surface area contributed by atoms with Gasteiger partial charge in [-0.05, 0) is 24.6 Å². The number of hydrogen-bond donors (Lipinski definition) is 1. The smallest absolute Gasteiger partial charge is 0.328 e. The third-order valence-electron chi connectivity index (χ3n) is 3.20. The molecule has 4 nitrogen and oxygen atoms in total. The van der Waals surface area contributed by atoms with Crippen molar-refractivity contribution >= 4 is 11.9 Å². The standard InChI is InChI=1S/C18H19NO3/c1-2-22-18(21)16(13-14-9-5-3-6-10-14)19-17(20)15-11-7-4-8-12-15/h3-12,16H,2,13H2,1H3,(H,19,20). The van der Waals surface area contributed by atoms with Crippen LogP contribution >= 0.6 is 0 Å². The Morgan fingerprint density at radius 3 is 2.18 bits per heavy atom. The molecule has 1 amide bonds. The number of hydrogen-bond acceptors (Lipinski definition) is 3. The lowest BCUT2D eigenvalue weighted by molar-refractivity contribution is -0.145. The lowest BCUT2D eigenvalue weighted by Crippen LogP contribution is -2.43. The summed E-state index contributed by atoms with van der Waals surface area (Å²) in [5, 5.41) is 2.75. The topological polar surface area (TPSA) is 55.4 Å². The van der Waals surface area contributed by atoms with E-state index in [1.807, 2.05) is 36.4 Å². The van der Waals surface area contributed by atoms with Crippen molar-refractivity contribution < 1.29 is 14.3 Å². The van der Waals surface area contributed by atoms with Crippen molar-refractivity contribution in [2.75, 3.05) is 6.61 Å². The Labute approximate surface area is 130 Å². The van der Waals surface area contributed by atoms with E-state index in [2.05, 4.69) is 5.32 Å². The molecule has 0 aliphatic rings. The van der Waals surface area contributed by atoms with Gasteiger partial charge in [-0.1, -0.05) is 48.5 Å². The van der Waals surface area contributed by atoms with Gasteiger partial charge in [-0.25, -0.2) is 4.79 Å². The van der Waals surface area contributed by atoms with Crippen molar-refractivity contribution in [3.8, 4) is 0 Å². The van der Waals surface area contributed by atoms with E-state index in [0.29, 0.717) is 12.0 Å². The van der Waals surface area contributed by atoms with Crippen LogP contribution in [0, 0.1) is 0 Å². The van der Waals surface area contributed by atoms with Gasteiger partial charge in [0.1, 0.15) is 6.04 Å². The highest BCUT2D eigenvalue weighted by Gasteiger charge is 2.22. The van der Waals surface area contributed by atoms with Crippen LogP contribution in [0.2, 0.25) is 0 Å². The van der Waals surface area contributed by atoms with E-state index in [1.54, 1.807) is 31.2 Å². The third kappa shape index (κ3) is 4.45. The van der Waals surface area contributed by atoms with E-state index < -0.39 is 12.0 Å². The van der Waals surface area contributed by atoms with E-state index in [0.717, 1.165) is 5.56 Å². The summed E-state index contributed by atoms with van der Waals surface area (Å²) in [5.74, 6) is -0.704. The van der Waals surface area contributed by atoms with Crippen molar-refractivity contribution in [1.29, 1.82) is 0 Å². The molecule has 2 rings (SSSR count). The molecule has 4 heteroatoms. The fourth-order valence-electron chi connectivity index (χ4n) is 2.12. The predicted molar refractivity (Wildman–Crippen MR) is 84.5 cm³/mol. The highest BCUT2D eigenvalue weighted by molar-refractivity contribution is 5.96. The van der Waals surface area contributed by atoms with Crippen LogP contribution in [0.4, 0.5) is 0 Å². The van der Waals surface area contributed by atoms with Gasteiger partial charge in [0.15, 0.2) is 0 Å². The van der Waals surface area contributed by atoms with Crippen LogP contribution in [0.15, 0.2) is 60.7 Å². The third-order valence-corrected chi connectivity index (χ3v) is 3.20. The molecule has 0 aliphatic heterocycles. The number of esters is 1. The lowest BCUT2D eigenvalue weighted by Gasteiger charge is -2.17. The maximum Gasteiger partial charge on any atom is 0.328 e.